The first-order chi connectivity index (χ1) is 9.93. The van der Waals surface area contributed by atoms with Gasteiger partial charge in [-0.05, 0) is 17.7 Å². The molecule has 0 saturated heterocycles. The van der Waals surface area contributed by atoms with Gasteiger partial charge < -0.3 is 0 Å². The van der Waals surface area contributed by atoms with E-state index in [1.165, 1.54) is 16.6 Å². The van der Waals surface area contributed by atoms with Crippen molar-refractivity contribution in [3.05, 3.63) is 64.6 Å². The monoisotopic (exact) mass is 311 g/mol. The predicted molar refractivity (Wildman–Crippen MR) is 72.2 cm³/mol. The number of pyridine rings is 1. The van der Waals surface area contributed by atoms with Crippen LogP contribution in [0.3, 0.4) is 0 Å². The highest BCUT2D eigenvalue weighted by Gasteiger charge is 2.33. The molecule has 3 aromatic rings. The summed E-state index contributed by atoms with van der Waals surface area (Å²) >= 11 is 5.84. The quantitative estimate of drug-likeness (QED) is 0.716. The average Bonchev–Trinajstić information content (AvgIpc) is 2.79. The van der Waals surface area contributed by atoms with Crippen molar-refractivity contribution >= 4 is 17.2 Å². The van der Waals surface area contributed by atoms with Gasteiger partial charge in [-0.1, -0.05) is 29.8 Å². The number of fused-ring (bicyclic) bond motifs is 1. The summed E-state index contributed by atoms with van der Waals surface area (Å²) in [6.45, 7) is 0. The first kappa shape index (κ1) is 13.9. The Hall–Kier alpha value is -2.08. The Bertz CT molecular complexity index is 796. The molecule has 108 valence electrons. The second-order valence-corrected chi connectivity index (χ2v) is 4.94. The van der Waals surface area contributed by atoms with Crippen LogP contribution in [0, 0.1) is 0 Å². The minimum atomic E-state index is -4.39. The van der Waals surface area contributed by atoms with E-state index >= 15 is 0 Å². The largest absolute Gasteiger partial charge is 0.416 e. The first-order valence-electron chi connectivity index (χ1n) is 6.09. The first-order valence-corrected chi connectivity index (χ1v) is 6.47. The molecule has 7 heteroatoms. The van der Waals surface area contributed by atoms with Crippen molar-refractivity contribution in [2.75, 3.05) is 0 Å². The molecule has 0 aliphatic rings. The van der Waals surface area contributed by atoms with Gasteiger partial charge in [0, 0.05) is 23.7 Å². The van der Waals surface area contributed by atoms with Crippen LogP contribution in [-0.4, -0.2) is 14.6 Å². The summed E-state index contributed by atoms with van der Waals surface area (Å²) in [5.74, 6) is 0.314. The third-order valence-corrected chi connectivity index (χ3v) is 3.25. The standard InChI is InChI=1S/C14H9ClF3N3/c15-10-5-6-21-13(8-10)19-12(20-21)7-9-3-1-2-4-11(9)14(16,17)18/h1-6,8H,7H2. The molecule has 0 bridgehead atoms. The number of benzene rings is 1. The van der Waals surface area contributed by atoms with Gasteiger partial charge in [0.15, 0.2) is 11.5 Å². The van der Waals surface area contributed by atoms with Crippen LogP contribution < -0.4 is 0 Å². The molecule has 0 radical (unpaired) electrons. The van der Waals surface area contributed by atoms with Crippen LogP contribution in [0.15, 0.2) is 42.6 Å². The molecule has 1 aromatic carbocycles. The van der Waals surface area contributed by atoms with Gasteiger partial charge in [-0.15, -0.1) is 0 Å². The highest BCUT2D eigenvalue weighted by atomic mass is 35.5. The Morgan fingerprint density at radius 2 is 1.90 bits per heavy atom. The molecule has 0 fully saturated rings. The van der Waals surface area contributed by atoms with E-state index in [1.807, 2.05) is 0 Å². The average molecular weight is 312 g/mol. The van der Waals surface area contributed by atoms with Gasteiger partial charge in [-0.25, -0.2) is 9.50 Å². The van der Waals surface area contributed by atoms with Crippen LogP contribution in [0.1, 0.15) is 17.0 Å². The number of hydrogen-bond acceptors (Lipinski definition) is 2. The third-order valence-electron chi connectivity index (χ3n) is 3.01. The lowest BCUT2D eigenvalue weighted by atomic mass is 10.0. The highest BCUT2D eigenvalue weighted by molar-refractivity contribution is 6.30. The Morgan fingerprint density at radius 3 is 2.67 bits per heavy atom. The molecule has 2 aromatic heterocycles. The minimum Gasteiger partial charge on any atom is -0.221 e. The molecule has 0 aliphatic heterocycles. The van der Waals surface area contributed by atoms with Crippen molar-refractivity contribution in [2.45, 2.75) is 12.6 Å². The SMILES string of the molecule is FC(F)(F)c1ccccc1Cc1nc2cc(Cl)ccn2n1. The molecule has 0 atom stereocenters. The molecule has 0 amide bonds. The Balaban J connectivity index is 1.99. The summed E-state index contributed by atoms with van der Waals surface area (Å²) in [7, 11) is 0. The highest BCUT2D eigenvalue weighted by Crippen LogP contribution is 2.32. The Labute approximate surface area is 123 Å². The number of alkyl halides is 3. The number of aromatic nitrogens is 3. The van der Waals surface area contributed by atoms with Crippen LogP contribution in [0.2, 0.25) is 5.02 Å². The van der Waals surface area contributed by atoms with Crippen molar-refractivity contribution in [3.8, 4) is 0 Å². The van der Waals surface area contributed by atoms with Crippen molar-refractivity contribution in [1.82, 2.24) is 14.6 Å². The van der Waals surface area contributed by atoms with E-state index in [0.29, 0.717) is 16.5 Å². The van der Waals surface area contributed by atoms with Gasteiger partial charge in [0.1, 0.15) is 0 Å². The zero-order valence-electron chi connectivity index (χ0n) is 10.6. The number of rotatable bonds is 2. The van der Waals surface area contributed by atoms with E-state index in [9.17, 15) is 13.2 Å². The second kappa shape index (κ2) is 5.04. The zero-order valence-corrected chi connectivity index (χ0v) is 11.4. The smallest absolute Gasteiger partial charge is 0.221 e. The van der Waals surface area contributed by atoms with Crippen molar-refractivity contribution in [2.24, 2.45) is 0 Å². The topological polar surface area (TPSA) is 30.2 Å². The maximum atomic E-state index is 12.9. The van der Waals surface area contributed by atoms with Gasteiger partial charge in [0.2, 0.25) is 0 Å². The second-order valence-electron chi connectivity index (χ2n) is 4.51. The molecule has 0 spiro atoms. The molecular weight excluding hydrogens is 303 g/mol. The van der Waals surface area contributed by atoms with Gasteiger partial charge in [0.05, 0.1) is 5.56 Å². The van der Waals surface area contributed by atoms with Gasteiger partial charge in [-0.2, -0.15) is 18.3 Å². The molecular formula is C14H9ClF3N3. The maximum Gasteiger partial charge on any atom is 0.416 e. The molecule has 0 saturated carbocycles. The number of nitrogens with zero attached hydrogens (tertiary/aromatic N) is 3. The lowest BCUT2D eigenvalue weighted by Crippen LogP contribution is -2.09. The van der Waals surface area contributed by atoms with Crippen LogP contribution in [0.4, 0.5) is 13.2 Å². The summed E-state index contributed by atoms with van der Waals surface area (Å²) in [4.78, 5) is 4.19. The fourth-order valence-electron chi connectivity index (χ4n) is 2.10. The molecule has 3 rings (SSSR count). The Kier molecular flexibility index (Phi) is 3.33. The van der Waals surface area contributed by atoms with Crippen LogP contribution in [-0.2, 0) is 12.6 Å². The minimum absolute atomic E-state index is 0.00891. The fraction of sp³-hybridized carbons (Fsp3) is 0.143. The van der Waals surface area contributed by atoms with Gasteiger partial charge in [-0.3, -0.25) is 0 Å². The molecule has 0 N–H and O–H groups in total. The van der Waals surface area contributed by atoms with Crippen molar-refractivity contribution in [1.29, 1.82) is 0 Å². The lowest BCUT2D eigenvalue weighted by molar-refractivity contribution is -0.138. The van der Waals surface area contributed by atoms with Crippen LogP contribution >= 0.6 is 11.6 Å². The lowest BCUT2D eigenvalue weighted by Gasteiger charge is -2.11. The predicted octanol–water partition coefficient (Wildman–Crippen LogP) is 3.99. The summed E-state index contributed by atoms with van der Waals surface area (Å²) in [6, 6.07) is 8.66. The zero-order chi connectivity index (χ0) is 15.0. The van der Waals surface area contributed by atoms with Crippen LogP contribution in [0.25, 0.3) is 5.65 Å². The van der Waals surface area contributed by atoms with Gasteiger partial charge >= 0.3 is 6.18 Å². The van der Waals surface area contributed by atoms with E-state index in [-0.39, 0.29) is 12.0 Å². The Morgan fingerprint density at radius 1 is 1.14 bits per heavy atom. The molecule has 0 aliphatic carbocycles. The summed E-state index contributed by atoms with van der Waals surface area (Å²) in [5, 5.41) is 4.65. The number of hydrogen-bond donors (Lipinski definition) is 0. The van der Waals surface area contributed by atoms with E-state index in [0.717, 1.165) is 6.07 Å². The van der Waals surface area contributed by atoms with Gasteiger partial charge in [0.25, 0.3) is 0 Å². The van der Waals surface area contributed by atoms with Crippen molar-refractivity contribution in [3.63, 3.8) is 0 Å². The van der Waals surface area contributed by atoms with Crippen LogP contribution in [0.5, 0.6) is 0 Å². The van der Waals surface area contributed by atoms with Crippen molar-refractivity contribution < 1.29 is 13.2 Å². The summed E-state index contributed by atoms with van der Waals surface area (Å²) < 4.78 is 40.3. The van der Waals surface area contributed by atoms with E-state index < -0.39 is 11.7 Å². The summed E-state index contributed by atoms with van der Waals surface area (Å²) in [5.41, 5.74) is -0.0177. The molecule has 0 unspecified atom stereocenters. The normalized spacial score (nSPS) is 12.0. The molecule has 3 nitrogen and oxygen atoms in total. The number of halogens is 4. The third kappa shape index (κ3) is 2.85. The fourth-order valence-corrected chi connectivity index (χ4v) is 2.25. The van der Waals surface area contributed by atoms with E-state index in [1.54, 1.807) is 24.4 Å². The summed E-state index contributed by atoms with van der Waals surface area (Å²) in [6.07, 6.45) is -2.77. The molecule has 21 heavy (non-hydrogen) atoms. The maximum absolute atomic E-state index is 12.9. The van der Waals surface area contributed by atoms with E-state index in [2.05, 4.69) is 10.1 Å². The molecule has 2 heterocycles. The van der Waals surface area contributed by atoms with E-state index in [4.69, 9.17) is 11.6 Å².